The standard InChI is InChI=1S/C25H25N3O6.Na.H/c1-14-13-28(3)24(33)22(23(14)32)27-25(34)26-20(12-21(30)31)19-9-5-8-18(11-19)17-7-4-6-16(10-17)15(2)29;;/h4-11,13,20,22H,12H2,1-3H3,(H,30,31)(H2,26,27,34);;. The third kappa shape index (κ3) is 6.88. The van der Waals surface area contributed by atoms with Gasteiger partial charge in [-0.25, -0.2) is 4.79 Å². The first-order valence-corrected chi connectivity index (χ1v) is 10.6. The molecule has 0 aromatic heterocycles. The monoisotopic (exact) mass is 487 g/mol. The van der Waals surface area contributed by atoms with Gasteiger partial charge in [0.25, 0.3) is 5.91 Å². The number of likely N-dealkylation sites (N-methyl/N-ethyl adjacent to an activating group) is 1. The molecule has 35 heavy (non-hydrogen) atoms. The molecule has 1 aliphatic heterocycles. The van der Waals surface area contributed by atoms with Gasteiger partial charge in [-0.2, -0.15) is 0 Å². The molecule has 178 valence electrons. The van der Waals surface area contributed by atoms with E-state index in [0.29, 0.717) is 16.7 Å². The zero-order valence-electron chi connectivity index (χ0n) is 19.0. The maximum absolute atomic E-state index is 12.7. The van der Waals surface area contributed by atoms with Gasteiger partial charge in [-0.05, 0) is 42.7 Å². The number of ketones is 2. The second-order valence-corrected chi connectivity index (χ2v) is 8.09. The second-order valence-electron chi connectivity index (χ2n) is 8.09. The van der Waals surface area contributed by atoms with Gasteiger partial charge in [0.05, 0.1) is 12.5 Å². The van der Waals surface area contributed by atoms with Crippen molar-refractivity contribution in [2.75, 3.05) is 7.05 Å². The van der Waals surface area contributed by atoms with E-state index >= 15 is 0 Å². The SMILES string of the molecule is CC(=O)c1cccc(-c2cccc(C(CC(=O)O)NC(=O)NC3C(=O)C(C)=CN(C)C3=O)c2)c1.[NaH]. The van der Waals surface area contributed by atoms with Crippen LogP contribution in [-0.2, 0) is 14.4 Å². The molecule has 0 bridgehead atoms. The molecule has 0 aliphatic carbocycles. The van der Waals surface area contributed by atoms with Gasteiger partial charge in [-0.3, -0.25) is 19.2 Å². The fourth-order valence-corrected chi connectivity index (χ4v) is 3.70. The Morgan fingerprint density at radius 3 is 2.31 bits per heavy atom. The van der Waals surface area contributed by atoms with Gasteiger partial charge in [0, 0.05) is 24.4 Å². The third-order valence-electron chi connectivity index (χ3n) is 5.48. The van der Waals surface area contributed by atoms with Crippen molar-refractivity contribution in [2.45, 2.75) is 32.4 Å². The summed E-state index contributed by atoms with van der Waals surface area (Å²) in [4.78, 5) is 61.8. The molecule has 1 heterocycles. The van der Waals surface area contributed by atoms with E-state index in [9.17, 15) is 29.1 Å². The quantitative estimate of drug-likeness (QED) is 0.311. The number of Topliss-reactive ketones (excluding diaryl/α,β-unsaturated/α-hetero) is 2. The average molecular weight is 487 g/mol. The fourth-order valence-electron chi connectivity index (χ4n) is 3.70. The number of rotatable bonds is 7. The molecule has 0 spiro atoms. The van der Waals surface area contributed by atoms with E-state index in [1.54, 1.807) is 36.4 Å². The van der Waals surface area contributed by atoms with Gasteiger partial charge in [-0.15, -0.1) is 0 Å². The maximum atomic E-state index is 12.7. The molecule has 0 radical (unpaired) electrons. The normalized spacial score (nSPS) is 16.0. The number of benzene rings is 2. The summed E-state index contributed by atoms with van der Waals surface area (Å²) in [5, 5.41) is 14.3. The molecule has 1 aliphatic rings. The molecule has 0 fully saturated rings. The number of carboxylic acids is 1. The van der Waals surface area contributed by atoms with Crippen LogP contribution in [0.15, 0.2) is 60.3 Å². The van der Waals surface area contributed by atoms with E-state index in [2.05, 4.69) is 10.6 Å². The number of aliphatic carboxylic acids is 1. The van der Waals surface area contributed by atoms with Gasteiger partial charge in [0.1, 0.15) is 0 Å². The molecule has 2 aromatic rings. The van der Waals surface area contributed by atoms with E-state index < -0.39 is 42.2 Å². The molecule has 2 unspecified atom stereocenters. The average Bonchev–Trinajstić information content (AvgIpc) is 2.80. The molecular weight excluding hydrogens is 461 g/mol. The van der Waals surface area contributed by atoms with Crippen LogP contribution in [0.5, 0.6) is 0 Å². The Morgan fingerprint density at radius 1 is 1.06 bits per heavy atom. The Kier molecular flexibility index (Phi) is 9.53. The Balaban J connectivity index is 0.00000432. The van der Waals surface area contributed by atoms with Crippen molar-refractivity contribution in [3.8, 4) is 11.1 Å². The Bertz CT molecular complexity index is 1210. The van der Waals surface area contributed by atoms with Crippen molar-refractivity contribution in [1.82, 2.24) is 15.5 Å². The van der Waals surface area contributed by atoms with Crippen LogP contribution in [0, 0.1) is 0 Å². The Labute approximate surface area is 224 Å². The number of carbonyl (C=O) groups excluding carboxylic acids is 4. The molecule has 10 heteroatoms. The van der Waals surface area contributed by atoms with E-state index in [-0.39, 0.29) is 35.3 Å². The van der Waals surface area contributed by atoms with Gasteiger partial charge < -0.3 is 20.6 Å². The minimum absolute atomic E-state index is 0. The van der Waals surface area contributed by atoms with Crippen molar-refractivity contribution >= 4 is 59.0 Å². The number of nitrogens with zero attached hydrogens (tertiary/aromatic N) is 1. The zero-order valence-corrected chi connectivity index (χ0v) is 19.0. The molecule has 3 amide bonds. The first-order chi connectivity index (χ1) is 16.1. The molecule has 2 atom stereocenters. The van der Waals surface area contributed by atoms with Crippen LogP contribution in [0.2, 0.25) is 0 Å². The van der Waals surface area contributed by atoms with Crippen molar-refractivity contribution < 1.29 is 29.1 Å². The summed E-state index contributed by atoms with van der Waals surface area (Å²) in [6, 6.07) is 10.8. The summed E-state index contributed by atoms with van der Waals surface area (Å²) in [6.45, 7) is 3.01. The fraction of sp³-hybridized carbons (Fsp3) is 0.240. The van der Waals surface area contributed by atoms with Crippen LogP contribution in [0.4, 0.5) is 4.79 Å². The Morgan fingerprint density at radius 2 is 1.69 bits per heavy atom. The van der Waals surface area contributed by atoms with E-state index in [1.807, 2.05) is 12.1 Å². The van der Waals surface area contributed by atoms with E-state index in [0.717, 1.165) is 11.1 Å². The first-order valence-electron chi connectivity index (χ1n) is 10.6. The summed E-state index contributed by atoms with van der Waals surface area (Å²) in [7, 11) is 1.48. The summed E-state index contributed by atoms with van der Waals surface area (Å²) >= 11 is 0. The van der Waals surface area contributed by atoms with Gasteiger partial charge in [0.15, 0.2) is 17.6 Å². The topological polar surface area (TPSA) is 133 Å². The van der Waals surface area contributed by atoms with Crippen LogP contribution in [0.3, 0.4) is 0 Å². The zero-order chi connectivity index (χ0) is 25.0. The van der Waals surface area contributed by atoms with Crippen LogP contribution in [-0.4, -0.2) is 82.1 Å². The number of carbonyl (C=O) groups is 5. The summed E-state index contributed by atoms with van der Waals surface area (Å²) in [6.07, 6.45) is 0.969. The molecule has 9 nitrogen and oxygen atoms in total. The molecule has 0 saturated carbocycles. The molecule has 3 N–H and O–H groups in total. The van der Waals surface area contributed by atoms with Gasteiger partial charge >= 0.3 is 41.6 Å². The first kappa shape index (κ1) is 28.0. The predicted octanol–water partition coefficient (Wildman–Crippen LogP) is 2.04. The number of carboxylic acid groups (broad SMARTS) is 1. The Hall–Kier alpha value is -3.27. The second kappa shape index (κ2) is 11.9. The summed E-state index contributed by atoms with van der Waals surface area (Å²) < 4.78 is 0. The number of hydrogen-bond acceptors (Lipinski definition) is 5. The summed E-state index contributed by atoms with van der Waals surface area (Å²) in [5.74, 6) is -2.34. The molecule has 0 saturated heterocycles. The minimum atomic E-state index is -1.39. The van der Waals surface area contributed by atoms with E-state index in [4.69, 9.17) is 0 Å². The van der Waals surface area contributed by atoms with Crippen LogP contribution < -0.4 is 10.6 Å². The number of nitrogens with one attached hydrogen (secondary N) is 2. The van der Waals surface area contributed by atoms with Crippen molar-refractivity contribution in [2.24, 2.45) is 0 Å². The van der Waals surface area contributed by atoms with Crippen LogP contribution >= 0.6 is 0 Å². The van der Waals surface area contributed by atoms with Crippen LogP contribution in [0.25, 0.3) is 11.1 Å². The molecule has 3 rings (SSSR count). The number of amides is 3. The van der Waals surface area contributed by atoms with Crippen molar-refractivity contribution in [1.29, 1.82) is 0 Å². The third-order valence-corrected chi connectivity index (χ3v) is 5.48. The molecular formula is C25H26N3NaO6. The van der Waals surface area contributed by atoms with Crippen molar-refractivity contribution in [3.63, 3.8) is 0 Å². The van der Waals surface area contributed by atoms with Crippen LogP contribution in [0.1, 0.15) is 42.2 Å². The molecule has 2 aromatic carbocycles. The van der Waals surface area contributed by atoms with E-state index in [1.165, 1.54) is 32.0 Å². The predicted molar refractivity (Wildman–Crippen MR) is 131 cm³/mol. The van der Waals surface area contributed by atoms with Crippen molar-refractivity contribution in [3.05, 3.63) is 71.4 Å². The van der Waals surface area contributed by atoms with Gasteiger partial charge in [-0.1, -0.05) is 36.4 Å². The number of urea groups is 1. The van der Waals surface area contributed by atoms with Gasteiger partial charge in [0.2, 0.25) is 0 Å². The number of hydrogen-bond donors (Lipinski definition) is 3. The summed E-state index contributed by atoms with van der Waals surface area (Å²) in [5.41, 5.74) is 2.86.